The Hall–Kier alpha value is -1.64. The molecule has 0 aliphatic carbocycles. The van der Waals surface area contributed by atoms with Crippen LogP contribution >= 0.6 is 0 Å². The SMILES string of the molecule is CCc1ccccc1.COC(N)c1ccccc1. The molecule has 2 heteroatoms. The molecule has 0 aromatic heterocycles. The molecule has 0 aliphatic heterocycles. The molecule has 2 aromatic carbocycles. The number of aryl methyl sites for hydroxylation is 1. The second-order valence-electron chi connectivity index (χ2n) is 3.91. The summed E-state index contributed by atoms with van der Waals surface area (Å²) in [5.41, 5.74) is 7.99. The van der Waals surface area contributed by atoms with Crippen molar-refractivity contribution in [2.75, 3.05) is 7.11 Å². The van der Waals surface area contributed by atoms with E-state index in [1.165, 1.54) is 5.56 Å². The van der Waals surface area contributed by atoms with Crippen molar-refractivity contribution in [3.05, 3.63) is 71.8 Å². The Labute approximate surface area is 109 Å². The smallest absolute Gasteiger partial charge is 0.131 e. The van der Waals surface area contributed by atoms with Gasteiger partial charge in [0.2, 0.25) is 0 Å². The summed E-state index contributed by atoms with van der Waals surface area (Å²) >= 11 is 0. The summed E-state index contributed by atoms with van der Waals surface area (Å²) in [5.74, 6) is 0. The van der Waals surface area contributed by atoms with E-state index < -0.39 is 0 Å². The number of hydrogen-bond acceptors (Lipinski definition) is 2. The number of nitrogens with two attached hydrogens (primary N) is 1. The van der Waals surface area contributed by atoms with E-state index in [1.807, 2.05) is 36.4 Å². The van der Waals surface area contributed by atoms with E-state index in [9.17, 15) is 0 Å². The van der Waals surface area contributed by atoms with Crippen LogP contribution in [0.4, 0.5) is 0 Å². The third kappa shape index (κ3) is 5.13. The standard InChI is InChI=1S/C8H11NO.C8H10/c1-10-8(9)7-5-3-2-4-6-7;1-2-8-6-4-3-5-7-8/h2-6,8H,9H2,1H3;3-7H,2H2,1H3. The van der Waals surface area contributed by atoms with Gasteiger partial charge in [-0.15, -0.1) is 0 Å². The number of hydrogen-bond donors (Lipinski definition) is 1. The monoisotopic (exact) mass is 243 g/mol. The summed E-state index contributed by atoms with van der Waals surface area (Å²) in [6.45, 7) is 2.16. The zero-order valence-corrected chi connectivity index (χ0v) is 11.0. The van der Waals surface area contributed by atoms with Gasteiger partial charge in [0, 0.05) is 7.11 Å². The van der Waals surface area contributed by atoms with Crippen LogP contribution in [0, 0.1) is 0 Å². The first-order chi connectivity index (χ1) is 8.77. The van der Waals surface area contributed by atoms with Crippen LogP contribution in [0.2, 0.25) is 0 Å². The van der Waals surface area contributed by atoms with E-state index in [1.54, 1.807) is 7.11 Å². The average molecular weight is 243 g/mol. The Morgan fingerprint density at radius 1 is 0.944 bits per heavy atom. The molecule has 0 aliphatic rings. The van der Waals surface area contributed by atoms with E-state index in [2.05, 4.69) is 31.2 Å². The maximum absolute atomic E-state index is 5.57. The first-order valence-electron chi connectivity index (χ1n) is 6.15. The number of methoxy groups -OCH3 is 1. The van der Waals surface area contributed by atoms with Gasteiger partial charge < -0.3 is 10.5 Å². The van der Waals surface area contributed by atoms with Crippen LogP contribution in [0.5, 0.6) is 0 Å². The second-order valence-corrected chi connectivity index (χ2v) is 3.91. The quantitative estimate of drug-likeness (QED) is 0.837. The van der Waals surface area contributed by atoms with Gasteiger partial charge in [0.05, 0.1) is 0 Å². The maximum atomic E-state index is 5.57. The normalized spacial score (nSPS) is 11.3. The van der Waals surface area contributed by atoms with Crippen molar-refractivity contribution >= 4 is 0 Å². The molecule has 2 nitrogen and oxygen atoms in total. The minimum Gasteiger partial charge on any atom is -0.363 e. The molecular formula is C16H21NO. The molecule has 0 heterocycles. The molecule has 0 bridgehead atoms. The van der Waals surface area contributed by atoms with E-state index >= 15 is 0 Å². The Morgan fingerprint density at radius 2 is 1.44 bits per heavy atom. The highest BCUT2D eigenvalue weighted by Crippen LogP contribution is 2.08. The van der Waals surface area contributed by atoms with Gasteiger partial charge in [-0.05, 0) is 17.5 Å². The molecular weight excluding hydrogens is 222 g/mol. The minimum absolute atomic E-state index is 0.291. The Bertz CT molecular complexity index is 414. The lowest BCUT2D eigenvalue weighted by molar-refractivity contribution is 0.109. The van der Waals surface area contributed by atoms with Gasteiger partial charge in [0.1, 0.15) is 6.23 Å². The summed E-state index contributed by atoms with van der Waals surface area (Å²) in [7, 11) is 1.59. The highest BCUT2D eigenvalue weighted by Gasteiger charge is 1.99. The molecule has 0 fully saturated rings. The lowest BCUT2D eigenvalue weighted by Crippen LogP contribution is -2.11. The van der Waals surface area contributed by atoms with Crippen molar-refractivity contribution in [3.8, 4) is 0 Å². The van der Waals surface area contributed by atoms with Gasteiger partial charge in [-0.3, -0.25) is 0 Å². The zero-order valence-electron chi connectivity index (χ0n) is 11.0. The van der Waals surface area contributed by atoms with Gasteiger partial charge >= 0.3 is 0 Å². The van der Waals surface area contributed by atoms with Crippen LogP contribution in [0.3, 0.4) is 0 Å². The molecule has 0 saturated heterocycles. The molecule has 0 amide bonds. The van der Waals surface area contributed by atoms with E-state index in [0.717, 1.165) is 12.0 Å². The summed E-state index contributed by atoms with van der Waals surface area (Å²) in [6, 6.07) is 20.2. The highest BCUT2D eigenvalue weighted by molar-refractivity contribution is 5.16. The average Bonchev–Trinajstić information content (AvgIpc) is 2.49. The van der Waals surface area contributed by atoms with Gasteiger partial charge in [-0.1, -0.05) is 67.6 Å². The molecule has 1 atom stereocenters. The van der Waals surface area contributed by atoms with E-state index in [-0.39, 0.29) is 6.23 Å². The van der Waals surface area contributed by atoms with Crippen LogP contribution in [-0.2, 0) is 11.2 Å². The lowest BCUT2D eigenvalue weighted by atomic mass is 10.2. The van der Waals surface area contributed by atoms with Gasteiger partial charge in [-0.2, -0.15) is 0 Å². The molecule has 1 unspecified atom stereocenters. The van der Waals surface area contributed by atoms with Crippen LogP contribution in [0.15, 0.2) is 60.7 Å². The molecule has 0 spiro atoms. The second kappa shape index (κ2) is 8.45. The first-order valence-corrected chi connectivity index (χ1v) is 6.15. The van der Waals surface area contributed by atoms with Crippen LogP contribution in [0.25, 0.3) is 0 Å². The van der Waals surface area contributed by atoms with Gasteiger partial charge in [0.15, 0.2) is 0 Å². The predicted octanol–water partition coefficient (Wildman–Crippen LogP) is 3.54. The maximum Gasteiger partial charge on any atom is 0.131 e. The summed E-state index contributed by atoms with van der Waals surface area (Å²) < 4.78 is 4.91. The fraction of sp³-hybridized carbons (Fsp3) is 0.250. The van der Waals surface area contributed by atoms with Gasteiger partial charge in [0.25, 0.3) is 0 Å². The predicted molar refractivity (Wildman–Crippen MR) is 76.2 cm³/mol. The molecule has 0 saturated carbocycles. The number of rotatable bonds is 3. The van der Waals surface area contributed by atoms with E-state index in [4.69, 9.17) is 10.5 Å². The lowest BCUT2D eigenvalue weighted by Gasteiger charge is -2.07. The van der Waals surface area contributed by atoms with Crippen molar-refractivity contribution in [3.63, 3.8) is 0 Å². The molecule has 0 radical (unpaired) electrons. The van der Waals surface area contributed by atoms with E-state index in [0.29, 0.717) is 0 Å². The largest absolute Gasteiger partial charge is 0.363 e. The molecule has 2 N–H and O–H groups in total. The van der Waals surface area contributed by atoms with Crippen molar-refractivity contribution in [2.24, 2.45) is 5.73 Å². The third-order valence-corrected chi connectivity index (χ3v) is 2.63. The Balaban J connectivity index is 0.000000184. The van der Waals surface area contributed by atoms with Crippen LogP contribution in [-0.4, -0.2) is 7.11 Å². The van der Waals surface area contributed by atoms with Crippen LogP contribution in [0.1, 0.15) is 24.3 Å². The molecule has 2 aromatic rings. The minimum atomic E-state index is -0.291. The molecule has 18 heavy (non-hydrogen) atoms. The van der Waals surface area contributed by atoms with Crippen molar-refractivity contribution in [1.82, 2.24) is 0 Å². The molecule has 2 rings (SSSR count). The third-order valence-electron chi connectivity index (χ3n) is 2.63. The van der Waals surface area contributed by atoms with Gasteiger partial charge in [-0.25, -0.2) is 0 Å². The Morgan fingerprint density at radius 3 is 1.83 bits per heavy atom. The zero-order chi connectivity index (χ0) is 13.2. The topological polar surface area (TPSA) is 35.2 Å². The summed E-state index contributed by atoms with van der Waals surface area (Å²) in [4.78, 5) is 0. The number of benzene rings is 2. The summed E-state index contributed by atoms with van der Waals surface area (Å²) in [5, 5.41) is 0. The fourth-order valence-electron chi connectivity index (χ4n) is 1.49. The van der Waals surface area contributed by atoms with Crippen LogP contribution < -0.4 is 5.73 Å². The number of ether oxygens (including phenoxy) is 1. The van der Waals surface area contributed by atoms with Crippen molar-refractivity contribution in [2.45, 2.75) is 19.6 Å². The fourth-order valence-corrected chi connectivity index (χ4v) is 1.49. The molecule has 96 valence electrons. The van der Waals surface area contributed by atoms with Crippen molar-refractivity contribution < 1.29 is 4.74 Å². The highest BCUT2D eigenvalue weighted by atomic mass is 16.5. The summed E-state index contributed by atoms with van der Waals surface area (Å²) in [6.07, 6.45) is 0.849. The Kier molecular flexibility index (Phi) is 6.77. The first kappa shape index (κ1) is 14.4. The van der Waals surface area contributed by atoms with Crippen molar-refractivity contribution in [1.29, 1.82) is 0 Å².